The third-order valence-corrected chi connectivity index (χ3v) is 4.88. The first kappa shape index (κ1) is 15.5. The van der Waals surface area contributed by atoms with Gasteiger partial charge in [0.25, 0.3) is 0 Å². The highest BCUT2D eigenvalue weighted by Gasteiger charge is 2.37. The molecule has 0 spiro atoms. The predicted octanol–water partition coefficient (Wildman–Crippen LogP) is 4.03. The van der Waals surface area contributed by atoms with Gasteiger partial charge in [-0.05, 0) is 36.3 Å². The molecule has 0 saturated heterocycles. The number of ether oxygens (including phenoxy) is 1. The lowest BCUT2D eigenvalue weighted by Gasteiger charge is -2.41. The van der Waals surface area contributed by atoms with E-state index in [1.54, 1.807) is 0 Å². The Bertz CT molecular complexity index is 404. The van der Waals surface area contributed by atoms with E-state index in [9.17, 15) is 0 Å². The van der Waals surface area contributed by atoms with Crippen LogP contribution in [0.3, 0.4) is 0 Å². The van der Waals surface area contributed by atoms with E-state index in [1.165, 1.54) is 30.4 Å². The van der Waals surface area contributed by atoms with E-state index in [0.29, 0.717) is 5.92 Å². The van der Waals surface area contributed by atoms with Gasteiger partial charge in [0, 0.05) is 13.2 Å². The Morgan fingerprint density at radius 1 is 1.10 bits per heavy atom. The molecule has 2 nitrogen and oxygen atoms in total. The molecule has 0 aromatic heterocycles. The summed E-state index contributed by atoms with van der Waals surface area (Å²) in [7, 11) is 1.83. The maximum atomic E-state index is 6.50. The van der Waals surface area contributed by atoms with Crippen LogP contribution in [0.5, 0.6) is 0 Å². The molecule has 1 aromatic carbocycles. The number of nitrogens with two attached hydrogens (primary N) is 1. The van der Waals surface area contributed by atoms with Gasteiger partial charge in [0.15, 0.2) is 0 Å². The lowest BCUT2D eigenvalue weighted by Crippen LogP contribution is -2.51. The minimum absolute atomic E-state index is 0.0951. The Labute approximate surface area is 123 Å². The largest absolute Gasteiger partial charge is 0.377 e. The number of methoxy groups -OCH3 is 1. The van der Waals surface area contributed by atoms with Crippen LogP contribution >= 0.6 is 0 Å². The summed E-state index contributed by atoms with van der Waals surface area (Å²) < 4.78 is 5.85. The van der Waals surface area contributed by atoms with Crippen molar-refractivity contribution in [1.82, 2.24) is 0 Å². The average Bonchev–Trinajstić information content (AvgIpc) is 2.48. The van der Waals surface area contributed by atoms with Crippen LogP contribution in [-0.2, 0) is 11.2 Å². The SMILES string of the molecule is COC1(C(N)Cc2ccc(C(C)C)cc2)CCCCC1. The van der Waals surface area contributed by atoms with Crippen molar-refractivity contribution < 1.29 is 4.74 Å². The third-order valence-electron chi connectivity index (χ3n) is 4.88. The van der Waals surface area contributed by atoms with Crippen LogP contribution in [0.1, 0.15) is 63.0 Å². The first-order chi connectivity index (χ1) is 9.57. The topological polar surface area (TPSA) is 35.2 Å². The molecule has 0 aliphatic heterocycles. The van der Waals surface area contributed by atoms with Crippen LogP contribution in [0.25, 0.3) is 0 Å². The van der Waals surface area contributed by atoms with Gasteiger partial charge in [0.05, 0.1) is 5.60 Å². The van der Waals surface area contributed by atoms with Gasteiger partial charge in [0.2, 0.25) is 0 Å². The van der Waals surface area contributed by atoms with Crippen molar-refractivity contribution in [2.45, 2.75) is 69.9 Å². The van der Waals surface area contributed by atoms with E-state index < -0.39 is 0 Å². The van der Waals surface area contributed by atoms with Crippen LogP contribution in [0, 0.1) is 0 Å². The van der Waals surface area contributed by atoms with Gasteiger partial charge in [0.1, 0.15) is 0 Å². The van der Waals surface area contributed by atoms with E-state index >= 15 is 0 Å². The first-order valence-electron chi connectivity index (χ1n) is 7.97. The predicted molar refractivity (Wildman–Crippen MR) is 85.0 cm³/mol. The molecule has 2 heteroatoms. The van der Waals surface area contributed by atoms with Crippen LogP contribution in [-0.4, -0.2) is 18.8 Å². The average molecular weight is 275 g/mol. The van der Waals surface area contributed by atoms with Gasteiger partial charge in [-0.15, -0.1) is 0 Å². The zero-order valence-corrected chi connectivity index (χ0v) is 13.2. The summed E-state index contributed by atoms with van der Waals surface area (Å²) in [5.74, 6) is 0.585. The smallest absolute Gasteiger partial charge is 0.0832 e. The summed E-state index contributed by atoms with van der Waals surface area (Å²) in [6, 6.07) is 9.00. The van der Waals surface area contributed by atoms with Gasteiger partial charge in [-0.3, -0.25) is 0 Å². The molecule has 0 amide bonds. The molecule has 0 bridgehead atoms. The summed E-state index contributed by atoms with van der Waals surface area (Å²) in [6.45, 7) is 4.45. The second kappa shape index (κ2) is 6.73. The van der Waals surface area contributed by atoms with Crippen molar-refractivity contribution in [3.8, 4) is 0 Å². The zero-order valence-electron chi connectivity index (χ0n) is 13.2. The Kier molecular flexibility index (Phi) is 5.22. The lowest BCUT2D eigenvalue weighted by atomic mass is 9.77. The van der Waals surface area contributed by atoms with Crippen molar-refractivity contribution in [2.24, 2.45) is 5.73 Å². The van der Waals surface area contributed by atoms with Crippen molar-refractivity contribution >= 4 is 0 Å². The maximum absolute atomic E-state index is 6.50. The first-order valence-corrected chi connectivity index (χ1v) is 7.97. The summed E-state index contributed by atoms with van der Waals surface area (Å²) >= 11 is 0. The molecular formula is C18H29NO. The van der Waals surface area contributed by atoms with Crippen molar-refractivity contribution in [3.05, 3.63) is 35.4 Å². The highest BCUT2D eigenvalue weighted by Crippen LogP contribution is 2.34. The Balaban J connectivity index is 2.04. The lowest BCUT2D eigenvalue weighted by molar-refractivity contribution is -0.0582. The quantitative estimate of drug-likeness (QED) is 0.880. The van der Waals surface area contributed by atoms with E-state index in [-0.39, 0.29) is 11.6 Å². The molecule has 1 aliphatic carbocycles. The molecule has 1 aliphatic rings. The summed E-state index contributed by atoms with van der Waals surface area (Å²) in [6.07, 6.45) is 6.93. The molecule has 2 rings (SSSR count). The summed E-state index contributed by atoms with van der Waals surface area (Å²) in [5, 5.41) is 0. The van der Waals surface area contributed by atoms with Crippen LogP contribution in [0.2, 0.25) is 0 Å². The minimum Gasteiger partial charge on any atom is -0.377 e. The second-order valence-electron chi connectivity index (χ2n) is 6.54. The number of benzene rings is 1. The second-order valence-corrected chi connectivity index (χ2v) is 6.54. The van der Waals surface area contributed by atoms with Gasteiger partial charge in [-0.1, -0.05) is 57.4 Å². The molecule has 1 fully saturated rings. The molecule has 1 unspecified atom stereocenters. The van der Waals surface area contributed by atoms with E-state index in [4.69, 9.17) is 10.5 Å². The Morgan fingerprint density at radius 2 is 1.70 bits per heavy atom. The minimum atomic E-state index is -0.102. The van der Waals surface area contributed by atoms with Gasteiger partial charge in [-0.2, -0.15) is 0 Å². The van der Waals surface area contributed by atoms with Crippen LogP contribution < -0.4 is 5.73 Å². The molecule has 1 aromatic rings. The standard InChI is InChI=1S/C18H29NO/c1-14(2)16-9-7-15(8-10-16)13-17(19)18(20-3)11-5-4-6-12-18/h7-10,14,17H,4-6,11-13,19H2,1-3H3. The maximum Gasteiger partial charge on any atom is 0.0832 e. The van der Waals surface area contributed by atoms with E-state index in [0.717, 1.165) is 19.3 Å². The highest BCUT2D eigenvalue weighted by molar-refractivity contribution is 5.25. The number of rotatable bonds is 5. The monoisotopic (exact) mass is 275 g/mol. The molecule has 1 saturated carbocycles. The fraction of sp³-hybridized carbons (Fsp3) is 0.667. The molecule has 0 radical (unpaired) electrons. The van der Waals surface area contributed by atoms with Gasteiger partial charge < -0.3 is 10.5 Å². The van der Waals surface area contributed by atoms with Gasteiger partial charge >= 0.3 is 0 Å². The van der Waals surface area contributed by atoms with E-state index in [1.807, 2.05) is 7.11 Å². The van der Waals surface area contributed by atoms with Crippen molar-refractivity contribution in [1.29, 1.82) is 0 Å². The van der Waals surface area contributed by atoms with Gasteiger partial charge in [-0.25, -0.2) is 0 Å². The number of hydrogen-bond acceptors (Lipinski definition) is 2. The van der Waals surface area contributed by atoms with E-state index in [2.05, 4.69) is 38.1 Å². The Hall–Kier alpha value is -0.860. The van der Waals surface area contributed by atoms with Crippen LogP contribution in [0.15, 0.2) is 24.3 Å². The molecule has 0 heterocycles. The highest BCUT2D eigenvalue weighted by atomic mass is 16.5. The van der Waals surface area contributed by atoms with Crippen molar-refractivity contribution in [2.75, 3.05) is 7.11 Å². The fourth-order valence-corrected chi connectivity index (χ4v) is 3.36. The van der Waals surface area contributed by atoms with Crippen molar-refractivity contribution in [3.63, 3.8) is 0 Å². The fourth-order valence-electron chi connectivity index (χ4n) is 3.36. The normalized spacial score (nSPS) is 20.1. The number of hydrogen-bond donors (Lipinski definition) is 1. The molecule has 2 N–H and O–H groups in total. The van der Waals surface area contributed by atoms with Crippen LogP contribution in [0.4, 0.5) is 0 Å². The third kappa shape index (κ3) is 3.42. The summed E-state index contributed by atoms with van der Waals surface area (Å²) in [4.78, 5) is 0. The summed E-state index contributed by atoms with van der Waals surface area (Å²) in [5.41, 5.74) is 9.11. The zero-order chi connectivity index (χ0) is 14.6. The molecular weight excluding hydrogens is 246 g/mol. The molecule has 1 atom stereocenters. The molecule has 20 heavy (non-hydrogen) atoms. The molecule has 112 valence electrons. The Morgan fingerprint density at radius 3 is 2.20 bits per heavy atom.